The van der Waals surface area contributed by atoms with E-state index in [9.17, 15) is 9.59 Å². The van der Waals surface area contributed by atoms with E-state index in [0.29, 0.717) is 22.7 Å². The molecule has 1 aromatic carbocycles. The molecule has 1 atom stereocenters. The number of Topliss-reactive ketones (excluding diaryl/α,β-unsaturated/α-hetero) is 1. The number of carbonyl (C=O) groups is 2. The topological polar surface area (TPSA) is 72.6 Å². The van der Waals surface area contributed by atoms with Gasteiger partial charge in [-0.25, -0.2) is 0 Å². The van der Waals surface area contributed by atoms with Crippen molar-refractivity contribution in [2.75, 3.05) is 24.3 Å². The van der Waals surface area contributed by atoms with Crippen molar-refractivity contribution in [1.29, 1.82) is 0 Å². The van der Waals surface area contributed by atoms with Crippen LogP contribution >= 0.6 is 0 Å². The van der Waals surface area contributed by atoms with Crippen LogP contribution in [0.2, 0.25) is 0 Å². The molecular formula is C13H16N2O3. The van der Waals surface area contributed by atoms with Crippen LogP contribution in [0, 0.1) is 5.92 Å². The maximum absolute atomic E-state index is 12.0. The molecule has 2 rings (SSSR count). The van der Waals surface area contributed by atoms with Gasteiger partial charge in [0.25, 0.3) is 0 Å². The first-order valence-electron chi connectivity index (χ1n) is 5.76. The number of nitrogen functional groups attached to an aromatic ring is 1. The average Bonchev–Trinajstić information content (AvgIpc) is 2.42. The van der Waals surface area contributed by atoms with Gasteiger partial charge in [0.15, 0.2) is 11.5 Å². The Morgan fingerprint density at radius 1 is 1.50 bits per heavy atom. The molecule has 0 spiro atoms. The molecule has 1 amide bonds. The Hall–Kier alpha value is -2.04. The largest absolute Gasteiger partial charge is 0.490 e. The molecule has 1 aliphatic rings. The molecule has 0 aliphatic carbocycles. The number of hydrogen-bond donors (Lipinski definition) is 1. The van der Waals surface area contributed by atoms with Gasteiger partial charge < -0.3 is 15.4 Å². The highest BCUT2D eigenvalue weighted by molar-refractivity contribution is 6.04. The standard InChI is InChI=1S/C13H16N2O3/c1-7-6-18-12-10(8(2)16)4-9(14)5-11(12)15(3)13(7)17/h4-5,7H,6,14H2,1-3H3. The van der Waals surface area contributed by atoms with Gasteiger partial charge in [0, 0.05) is 12.7 Å². The minimum atomic E-state index is -0.247. The Balaban J connectivity index is 2.64. The lowest BCUT2D eigenvalue weighted by molar-refractivity contribution is -0.122. The molecule has 0 radical (unpaired) electrons. The summed E-state index contributed by atoms with van der Waals surface area (Å²) in [6.45, 7) is 3.51. The van der Waals surface area contributed by atoms with Crippen LogP contribution in [0.15, 0.2) is 12.1 Å². The third-order valence-corrected chi connectivity index (χ3v) is 3.06. The minimum absolute atomic E-state index is 0.0474. The predicted octanol–water partition coefficient (Wildman–Crippen LogP) is 1.46. The lowest BCUT2D eigenvalue weighted by Gasteiger charge is -2.19. The molecule has 1 heterocycles. The number of anilines is 2. The number of hydrogen-bond acceptors (Lipinski definition) is 4. The van der Waals surface area contributed by atoms with Crippen LogP contribution in [-0.4, -0.2) is 25.3 Å². The summed E-state index contributed by atoms with van der Waals surface area (Å²) in [7, 11) is 1.66. The summed E-state index contributed by atoms with van der Waals surface area (Å²) in [4.78, 5) is 25.1. The van der Waals surface area contributed by atoms with Gasteiger partial charge in [0.1, 0.15) is 0 Å². The molecule has 0 fully saturated rings. The second kappa shape index (κ2) is 4.33. The Bertz CT molecular complexity index is 525. The zero-order chi connectivity index (χ0) is 13.4. The number of rotatable bonds is 1. The monoisotopic (exact) mass is 248 g/mol. The van der Waals surface area contributed by atoms with Gasteiger partial charge in [0.05, 0.1) is 23.8 Å². The van der Waals surface area contributed by atoms with Crippen LogP contribution in [-0.2, 0) is 4.79 Å². The molecule has 18 heavy (non-hydrogen) atoms. The summed E-state index contributed by atoms with van der Waals surface area (Å²) in [6.07, 6.45) is 0. The Morgan fingerprint density at radius 2 is 2.17 bits per heavy atom. The van der Waals surface area contributed by atoms with E-state index in [1.165, 1.54) is 11.8 Å². The van der Waals surface area contributed by atoms with Crippen molar-refractivity contribution in [3.8, 4) is 5.75 Å². The summed E-state index contributed by atoms with van der Waals surface area (Å²) in [6, 6.07) is 3.23. The van der Waals surface area contributed by atoms with E-state index in [1.807, 2.05) is 0 Å². The van der Waals surface area contributed by atoms with Gasteiger partial charge >= 0.3 is 0 Å². The molecule has 2 N–H and O–H groups in total. The molecule has 0 aromatic heterocycles. The third kappa shape index (κ3) is 1.92. The fourth-order valence-corrected chi connectivity index (χ4v) is 2.03. The molecule has 5 heteroatoms. The van der Waals surface area contributed by atoms with E-state index in [2.05, 4.69) is 0 Å². The lowest BCUT2D eigenvalue weighted by atomic mass is 10.1. The molecule has 0 saturated heterocycles. The van der Waals surface area contributed by atoms with Crippen LogP contribution in [0.25, 0.3) is 0 Å². The Kier molecular flexibility index (Phi) is 2.98. The Morgan fingerprint density at radius 3 is 2.78 bits per heavy atom. The summed E-state index contributed by atoms with van der Waals surface area (Å²) in [5, 5.41) is 0. The maximum atomic E-state index is 12.0. The van der Waals surface area contributed by atoms with E-state index >= 15 is 0 Å². The first-order chi connectivity index (χ1) is 8.41. The minimum Gasteiger partial charge on any atom is -0.490 e. The number of fused-ring (bicyclic) bond motifs is 1. The van der Waals surface area contributed by atoms with Crippen molar-refractivity contribution in [3.63, 3.8) is 0 Å². The van der Waals surface area contributed by atoms with E-state index in [1.54, 1.807) is 26.1 Å². The third-order valence-electron chi connectivity index (χ3n) is 3.06. The summed E-state index contributed by atoms with van der Waals surface area (Å²) in [5.41, 5.74) is 7.18. The highest BCUT2D eigenvalue weighted by Gasteiger charge is 2.28. The summed E-state index contributed by atoms with van der Waals surface area (Å²) < 4.78 is 5.61. The van der Waals surface area contributed by atoms with E-state index in [-0.39, 0.29) is 24.2 Å². The SMILES string of the molecule is CC(=O)c1cc(N)cc2c1OCC(C)C(=O)N2C. The van der Waals surface area contributed by atoms with Gasteiger partial charge in [-0.3, -0.25) is 9.59 Å². The number of benzene rings is 1. The fourth-order valence-electron chi connectivity index (χ4n) is 2.03. The van der Waals surface area contributed by atoms with E-state index in [0.717, 1.165) is 0 Å². The van der Waals surface area contributed by atoms with Gasteiger partial charge in [-0.2, -0.15) is 0 Å². The molecular weight excluding hydrogens is 232 g/mol. The van der Waals surface area contributed by atoms with E-state index < -0.39 is 0 Å². The molecule has 1 aromatic rings. The van der Waals surface area contributed by atoms with Crippen LogP contribution in [0.3, 0.4) is 0 Å². The molecule has 5 nitrogen and oxygen atoms in total. The van der Waals surface area contributed by atoms with E-state index in [4.69, 9.17) is 10.5 Å². The van der Waals surface area contributed by atoms with Crippen LogP contribution in [0.1, 0.15) is 24.2 Å². The van der Waals surface area contributed by atoms with Crippen LogP contribution in [0.4, 0.5) is 11.4 Å². The van der Waals surface area contributed by atoms with Crippen molar-refractivity contribution >= 4 is 23.1 Å². The molecule has 96 valence electrons. The number of ether oxygens (including phenoxy) is 1. The first-order valence-corrected chi connectivity index (χ1v) is 5.76. The molecule has 0 bridgehead atoms. The van der Waals surface area contributed by atoms with Gasteiger partial charge in [-0.05, 0) is 19.1 Å². The van der Waals surface area contributed by atoms with Crippen molar-refractivity contribution in [1.82, 2.24) is 0 Å². The number of nitrogens with two attached hydrogens (primary N) is 1. The predicted molar refractivity (Wildman–Crippen MR) is 68.9 cm³/mol. The molecule has 0 saturated carbocycles. The second-order valence-electron chi connectivity index (χ2n) is 4.58. The summed E-state index contributed by atoms with van der Waals surface area (Å²) in [5.74, 6) is 0.0168. The summed E-state index contributed by atoms with van der Waals surface area (Å²) >= 11 is 0. The average molecular weight is 248 g/mol. The zero-order valence-corrected chi connectivity index (χ0v) is 10.7. The quantitative estimate of drug-likeness (QED) is 0.603. The van der Waals surface area contributed by atoms with Crippen molar-refractivity contribution in [2.24, 2.45) is 5.92 Å². The second-order valence-corrected chi connectivity index (χ2v) is 4.58. The number of amides is 1. The van der Waals surface area contributed by atoms with Crippen molar-refractivity contribution in [2.45, 2.75) is 13.8 Å². The van der Waals surface area contributed by atoms with Crippen LogP contribution < -0.4 is 15.4 Å². The Labute approximate surface area is 106 Å². The highest BCUT2D eigenvalue weighted by Crippen LogP contribution is 2.37. The van der Waals surface area contributed by atoms with Crippen molar-refractivity contribution in [3.05, 3.63) is 17.7 Å². The van der Waals surface area contributed by atoms with Gasteiger partial charge in [0.2, 0.25) is 5.91 Å². The first kappa shape index (κ1) is 12.4. The zero-order valence-electron chi connectivity index (χ0n) is 10.7. The van der Waals surface area contributed by atoms with Gasteiger partial charge in [-0.15, -0.1) is 0 Å². The van der Waals surface area contributed by atoms with Gasteiger partial charge in [-0.1, -0.05) is 6.92 Å². The highest BCUT2D eigenvalue weighted by atomic mass is 16.5. The molecule has 1 aliphatic heterocycles. The number of carbonyl (C=O) groups excluding carboxylic acids is 2. The van der Waals surface area contributed by atoms with Crippen molar-refractivity contribution < 1.29 is 14.3 Å². The lowest BCUT2D eigenvalue weighted by Crippen LogP contribution is -2.31. The van der Waals surface area contributed by atoms with Crippen LogP contribution in [0.5, 0.6) is 5.75 Å². The number of ketones is 1. The fraction of sp³-hybridized carbons (Fsp3) is 0.385. The normalized spacial score (nSPS) is 18.9. The maximum Gasteiger partial charge on any atom is 0.233 e. The number of nitrogens with zero attached hydrogens (tertiary/aromatic N) is 1. The molecule has 1 unspecified atom stereocenters. The smallest absolute Gasteiger partial charge is 0.233 e.